The molecule has 0 radical (unpaired) electrons. The van der Waals surface area contributed by atoms with Gasteiger partial charge in [0, 0.05) is 31.7 Å². The summed E-state index contributed by atoms with van der Waals surface area (Å²) < 4.78 is 5.38. The summed E-state index contributed by atoms with van der Waals surface area (Å²) in [5, 5.41) is 0. The number of carbonyl (C=O) groups is 2. The Morgan fingerprint density at radius 1 is 1.19 bits per heavy atom. The number of carbonyl (C=O) groups excluding carboxylic acids is 2. The van der Waals surface area contributed by atoms with Crippen LogP contribution in [-0.2, 0) is 16.0 Å². The van der Waals surface area contributed by atoms with E-state index < -0.39 is 0 Å². The number of nitrogens with zero attached hydrogens (tertiary/aromatic N) is 2. The molecule has 0 unspecified atom stereocenters. The summed E-state index contributed by atoms with van der Waals surface area (Å²) in [6.07, 6.45) is 1.18. The van der Waals surface area contributed by atoms with Gasteiger partial charge in [-0.1, -0.05) is 6.07 Å². The van der Waals surface area contributed by atoms with Crippen molar-refractivity contribution in [1.82, 2.24) is 9.80 Å². The molecule has 0 aliphatic carbocycles. The minimum Gasteiger partial charge on any atom is -0.496 e. The Kier molecular flexibility index (Phi) is 4.83. The average molecular weight is 290 g/mol. The van der Waals surface area contributed by atoms with Gasteiger partial charge in [0.1, 0.15) is 5.75 Å². The number of rotatable bonds is 4. The molecule has 1 aliphatic rings. The molecule has 5 nitrogen and oxygen atoms in total. The monoisotopic (exact) mass is 290 g/mol. The smallest absolute Gasteiger partial charge is 0.227 e. The van der Waals surface area contributed by atoms with E-state index in [4.69, 9.17) is 4.74 Å². The molecule has 1 aromatic rings. The van der Waals surface area contributed by atoms with Gasteiger partial charge in [-0.2, -0.15) is 0 Å². The van der Waals surface area contributed by atoms with Gasteiger partial charge in [-0.15, -0.1) is 0 Å². The van der Waals surface area contributed by atoms with E-state index >= 15 is 0 Å². The van der Waals surface area contributed by atoms with E-state index in [0.717, 1.165) is 28.8 Å². The second kappa shape index (κ2) is 6.61. The molecular weight excluding hydrogens is 268 g/mol. The van der Waals surface area contributed by atoms with Crippen molar-refractivity contribution in [2.75, 3.05) is 33.3 Å². The predicted molar refractivity (Wildman–Crippen MR) is 80.4 cm³/mol. The fraction of sp³-hybridized carbons (Fsp3) is 0.500. The highest BCUT2D eigenvalue weighted by Crippen LogP contribution is 2.24. The van der Waals surface area contributed by atoms with Crippen LogP contribution in [0.3, 0.4) is 0 Å². The van der Waals surface area contributed by atoms with Crippen LogP contribution in [0.4, 0.5) is 0 Å². The minimum atomic E-state index is 0.0853. The summed E-state index contributed by atoms with van der Waals surface area (Å²) in [6.45, 7) is 6.49. The van der Waals surface area contributed by atoms with Crippen molar-refractivity contribution in [2.24, 2.45) is 0 Å². The standard InChI is InChI=1S/C16H22N2O3/c1-12-8-14(15(21-3)9-13(12)2)10-16(20)18-6-4-17(11-19)5-7-18/h8-9,11H,4-7,10H2,1-3H3. The van der Waals surface area contributed by atoms with Crippen molar-refractivity contribution in [1.29, 1.82) is 0 Å². The van der Waals surface area contributed by atoms with E-state index in [9.17, 15) is 9.59 Å². The van der Waals surface area contributed by atoms with E-state index in [2.05, 4.69) is 0 Å². The van der Waals surface area contributed by atoms with Crippen molar-refractivity contribution >= 4 is 12.3 Å². The quantitative estimate of drug-likeness (QED) is 0.782. The largest absolute Gasteiger partial charge is 0.496 e. The Morgan fingerprint density at radius 3 is 2.38 bits per heavy atom. The van der Waals surface area contributed by atoms with Crippen molar-refractivity contribution in [2.45, 2.75) is 20.3 Å². The maximum atomic E-state index is 12.4. The molecule has 0 bridgehead atoms. The molecule has 21 heavy (non-hydrogen) atoms. The molecule has 114 valence electrons. The zero-order valence-electron chi connectivity index (χ0n) is 12.9. The minimum absolute atomic E-state index is 0.0853. The highest BCUT2D eigenvalue weighted by atomic mass is 16.5. The molecule has 0 saturated carbocycles. The first-order chi connectivity index (χ1) is 10.0. The molecular formula is C16H22N2O3. The molecule has 1 aliphatic heterocycles. The van der Waals surface area contributed by atoms with Gasteiger partial charge in [-0.25, -0.2) is 0 Å². The summed E-state index contributed by atoms with van der Waals surface area (Å²) in [7, 11) is 1.63. The van der Waals surface area contributed by atoms with E-state index in [1.807, 2.05) is 30.9 Å². The lowest BCUT2D eigenvalue weighted by Crippen LogP contribution is -2.48. The fourth-order valence-corrected chi connectivity index (χ4v) is 2.53. The van der Waals surface area contributed by atoms with Gasteiger partial charge in [0.05, 0.1) is 13.5 Å². The van der Waals surface area contributed by atoms with Crippen LogP contribution in [0.2, 0.25) is 0 Å². The third-order valence-corrected chi connectivity index (χ3v) is 4.05. The number of amides is 2. The van der Waals surface area contributed by atoms with Crippen LogP contribution in [0.5, 0.6) is 5.75 Å². The van der Waals surface area contributed by atoms with Crippen molar-refractivity contribution in [3.63, 3.8) is 0 Å². The van der Waals surface area contributed by atoms with Gasteiger partial charge < -0.3 is 14.5 Å². The number of benzene rings is 1. The van der Waals surface area contributed by atoms with Crippen LogP contribution in [-0.4, -0.2) is 55.4 Å². The Labute approximate surface area is 125 Å². The second-order valence-corrected chi connectivity index (χ2v) is 5.45. The van der Waals surface area contributed by atoms with Crippen molar-refractivity contribution in [3.8, 4) is 5.75 Å². The highest BCUT2D eigenvalue weighted by Gasteiger charge is 2.21. The number of piperazine rings is 1. The Balaban J connectivity index is 2.06. The maximum Gasteiger partial charge on any atom is 0.227 e. The van der Waals surface area contributed by atoms with Gasteiger partial charge in [0.15, 0.2) is 0 Å². The van der Waals surface area contributed by atoms with Crippen molar-refractivity contribution in [3.05, 3.63) is 28.8 Å². The van der Waals surface area contributed by atoms with Crippen LogP contribution in [0.25, 0.3) is 0 Å². The van der Waals surface area contributed by atoms with Crippen LogP contribution in [0.1, 0.15) is 16.7 Å². The summed E-state index contributed by atoms with van der Waals surface area (Å²) in [5.74, 6) is 0.847. The van der Waals surface area contributed by atoms with Crippen LogP contribution in [0.15, 0.2) is 12.1 Å². The normalized spacial score (nSPS) is 15.0. The zero-order valence-corrected chi connectivity index (χ0v) is 12.9. The van der Waals surface area contributed by atoms with Gasteiger partial charge in [0.25, 0.3) is 0 Å². The van der Waals surface area contributed by atoms with Crippen LogP contribution in [0, 0.1) is 13.8 Å². The Hall–Kier alpha value is -2.04. The third kappa shape index (κ3) is 3.54. The Bertz CT molecular complexity index is 535. The lowest BCUT2D eigenvalue weighted by molar-refractivity contribution is -0.134. The summed E-state index contributed by atoms with van der Waals surface area (Å²) >= 11 is 0. The van der Waals surface area contributed by atoms with E-state index in [1.165, 1.54) is 0 Å². The summed E-state index contributed by atoms with van der Waals surface area (Å²) in [4.78, 5) is 26.6. The molecule has 0 aromatic heterocycles. The molecule has 0 atom stereocenters. The van der Waals surface area contributed by atoms with Gasteiger partial charge in [-0.05, 0) is 31.0 Å². The summed E-state index contributed by atoms with van der Waals surface area (Å²) in [6, 6.07) is 4.00. The molecule has 2 amide bonds. The zero-order chi connectivity index (χ0) is 15.4. The first kappa shape index (κ1) is 15.4. The molecule has 1 fully saturated rings. The third-order valence-electron chi connectivity index (χ3n) is 4.05. The molecule has 0 N–H and O–H groups in total. The van der Waals surface area contributed by atoms with Crippen LogP contribution < -0.4 is 4.74 Å². The lowest BCUT2D eigenvalue weighted by atomic mass is 10.0. The average Bonchev–Trinajstić information content (AvgIpc) is 2.50. The molecule has 1 saturated heterocycles. The molecule has 2 rings (SSSR count). The first-order valence-corrected chi connectivity index (χ1v) is 7.16. The molecule has 5 heteroatoms. The lowest BCUT2D eigenvalue weighted by Gasteiger charge is -2.32. The van der Waals surface area contributed by atoms with Gasteiger partial charge in [-0.3, -0.25) is 9.59 Å². The summed E-state index contributed by atoms with van der Waals surface area (Å²) in [5.41, 5.74) is 3.23. The van der Waals surface area contributed by atoms with Gasteiger partial charge >= 0.3 is 0 Å². The fourth-order valence-electron chi connectivity index (χ4n) is 2.53. The number of hydrogen-bond acceptors (Lipinski definition) is 3. The van der Waals surface area contributed by atoms with E-state index in [-0.39, 0.29) is 5.91 Å². The predicted octanol–water partition coefficient (Wildman–Crippen LogP) is 1.16. The van der Waals surface area contributed by atoms with E-state index in [1.54, 1.807) is 12.0 Å². The molecule has 1 aromatic carbocycles. The SMILES string of the molecule is COc1cc(C)c(C)cc1CC(=O)N1CCN(C=O)CC1. The number of ether oxygens (including phenoxy) is 1. The number of methoxy groups -OCH3 is 1. The number of hydrogen-bond donors (Lipinski definition) is 0. The van der Waals surface area contributed by atoms with Crippen molar-refractivity contribution < 1.29 is 14.3 Å². The Morgan fingerprint density at radius 2 is 1.81 bits per heavy atom. The number of aryl methyl sites for hydroxylation is 2. The van der Waals surface area contributed by atoms with E-state index in [0.29, 0.717) is 32.6 Å². The first-order valence-electron chi connectivity index (χ1n) is 7.16. The molecule has 0 spiro atoms. The second-order valence-electron chi connectivity index (χ2n) is 5.45. The highest BCUT2D eigenvalue weighted by molar-refractivity contribution is 5.80. The maximum absolute atomic E-state index is 12.4. The van der Waals surface area contributed by atoms with Gasteiger partial charge in [0.2, 0.25) is 12.3 Å². The topological polar surface area (TPSA) is 49.9 Å². The van der Waals surface area contributed by atoms with Crippen LogP contribution >= 0.6 is 0 Å². The molecule has 1 heterocycles.